The number of hydrogen-bond acceptors (Lipinski definition) is 3. The molecule has 1 rings (SSSR count). The average Bonchev–Trinajstić information content (AvgIpc) is 2.35. The summed E-state index contributed by atoms with van der Waals surface area (Å²) in [5, 5.41) is 0. The Hall–Kier alpha value is -2.08. The van der Waals surface area contributed by atoms with Crippen LogP contribution in [-0.2, 0) is 9.53 Å². The first-order valence-corrected chi connectivity index (χ1v) is 4.90. The van der Waals surface area contributed by atoms with Crippen LogP contribution in [0.2, 0.25) is 0 Å². The van der Waals surface area contributed by atoms with Crippen LogP contribution in [-0.4, -0.2) is 18.9 Å². The van der Waals surface area contributed by atoms with E-state index < -0.39 is 5.97 Å². The molecule has 0 unspecified atom stereocenters. The Balaban J connectivity index is 2.82. The van der Waals surface area contributed by atoms with E-state index in [0.717, 1.165) is 0 Å². The lowest BCUT2D eigenvalue weighted by Gasteiger charge is -1.96. The Labute approximate surface area is 94.4 Å². The molecular weight excluding hydrogens is 204 g/mol. The molecule has 0 heterocycles. The molecule has 3 heteroatoms. The second-order valence-corrected chi connectivity index (χ2v) is 3.10. The molecule has 0 bridgehead atoms. The van der Waals surface area contributed by atoms with E-state index in [-0.39, 0.29) is 5.78 Å². The summed E-state index contributed by atoms with van der Waals surface area (Å²) in [6.07, 6.45) is 0.479. The van der Waals surface area contributed by atoms with Crippen LogP contribution in [0, 0.1) is 11.8 Å². The van der Waals surface area contributed by atoms with Gasteiger partial charge in [-0.2, -0.15) is 0 Å². The van der Waals surface area contributed by atoms with Crippen molar-refractivity contribution in [3.05, 3.63) is 35.4 Å². The highest BCUT2D eigenvalue weighted by Gasteiger charge is 2.01. The van der Waals surface area contributed by atoms with Crippen molar-refractivity contribution in [2.45, 2.75) is 13.3 Å². The molecule has 0 spiro atoms. The predicted octanol–water partition coefficient (Wildman–Crippen LogP) is 1.80. The van der Waals surface area contributed by atoms with Crippen molar-refractivity contribution in [1.29, 1.82) is 0 Å². The quantitative estimate of drug-likeness (QED) is 0.430. The number of benzene rings is 1. The highest BCUT2D eigenvalue weighted by Crippen LogP contribution is 2.05. The first kappa shape index (κ1) is 12.0. The smallest absolute Gasteiger partial charge is 0.384 e. The fourth-order valence-corrected chi connectivity index (χ4v) is 1.12. The van der Waals surface area contributed by atoms with Gasteiger partial charge in [0.25, 0.3) is 0 Å². The Morgan fingerprint density at radius 3 is 2.38 bits per heavy atom. The molecule has 0 saturated carbocycles. The molecule has 0 aliphatic carbocycles. The molecular formula is C13H12O3. The Bertz CT molecular complexity index is 446. The Morgan fingerprint density at radius 1 is 1.25 bits per heavy atom. The molecule has 16 heavy (non-hydrogen) atoms. The second-order valence-electron chi connectivity index (χ2n) is 3.10. The summed E-state index contributed by atoms with van der Waals surface area (Å²) < 4.78 is 4.38. The van der Waals surface area contributed by atoms with Gasteiger partial charge in [0.2, 0.25) is 0 Å². The van der Waals surface area contributed by atoms with Gasteiger partial charge >= 0.3 is 5.97 Å². The summed E-state index contributed by atoms with van der Waals surface area (Å²) in [5.74, 6) is 4.47. The zero-order chi connectivity index (χ0) is 12.0. The van der Waals surface area contributed by atoms with E-state index in [1.807, 2.05) is 6.92 Å². The fourth-order valence-electron chi connectivity index (χ4n) is 1.12. The van der Waals surface area contributed by atoms with Crippen LogP contribution in [0.15, 0.2) is 24.3 Å². The second kappa shape index (κ2) is 5.72. The number of methoxy groups -OCH3 is 1. The molecule has 0 aromatic heterocycles. The first-order valence-electron chi connectivity index (χ1n) is 4.90. The van der Waals surface area contributed by atoms with Gasteiger partial charge in [0, 0.05) is 23.5 Å². The van der Waals surface area contributed by atoms with Gasteiger partial charge in [-0.25, -0.2) is 4.79 Å². The molecule has 0 amide bonds. The third kappa shape index (κ3) is 3.25. The highest BCUT2D eigenvalue weighted by molar-refractivity contribution is 5.96. The van der Waals surface area contributed by atoms with Gasteiger partial charge in [-0.1, -0.05) is 25.0 Å². The van der Waals surface area contributed by atoms with Gasteiger partial charge in [-0.15, -0.1) is 0 Å². The minimum Gasteiger partial charge on any atom is -0.459 e. The van der Waals surface area contributed by atoms with Crippen molar-refractivity contribution >= 4 is 11.8 Å². The van der Waals surface area contributed by atoms with E-state index in [9.17, 15) is 9.59 Å². The molecule has 0 radical (unpaired) electrons. The van der Waals surface area contributed by atoms with Crippen molar-refractivity contribution in [2.24, 2.45) is 0 Å². The van der Waals surface area contributed by atoms with Crippen LogP contribution in [0.3, 0.4) is 0 Å². The third-order valence-corrected chi connectivity index (χ3v) is 2.02. The van der Waals surface area contributed by atoms with E-state index in [1.54, 1.807) is 24.3 Å². The number of ketones is 1. The molecule has 1 aromatic carbocycles. The summed E-state index contributed by atoms with van der Waals surface area (Å²) in [5.41, 5.74) is 1.34. The maximum absolute atomic E-state index is 11.3. The molecule has 82 valence electrons. The summed E-state index contributed by atoms with van der Waals surface area (Å²) in [7, 11) is 1.28. The standard InChI is InChI=1S/C13H12O3/c1-3-12(14)11-7-4-10(5-8-11)6-9-13(15)16-2/h4-5,7-8H,3H2,1-2H3. The zero-order valence-corrected chi connectivity index (χ0v) is 9.24. The lowest BCUT2D eigenvalue weighted by atomic mass is 10.1. The Morgan fingerprint density at radius 2 is 1.88 bits per heavy atom. The molecule has 3 nitrogen and oxygen atoms in total. The fraction of sp³-hybridized carbons (Fsp3) is 0.231. The number of carbonyl (C=O) groups is 2. The maximum atomic E-state index is 11.3. The molecule has 0 saturated heterocycles. The van der Waals surface area contributed by atoms with Gasteiger partial charge in [0.15, 0.2) is 5.78 Å². The molecule has 0 N–H and O–H groups in total. The van der Waals surface area contributed by atoms with Gasteiger partial charge in [0.05, 0.1) is 7.11 Å². The highest BCUT2D eigenvalue weighted by atomic mass is 16.5. The van der Waals surface area contributed by atoms with Gasteiger partial charge < -0.3 is 4.74 Å². The number of Topliss-reactive ketones (excluding diaryl/α,β-unsaturated/α-hetero) is 1. The Kier molecular flexibility index (Phi) is 4.28. The van der Waals surface area contributed by atoms with Crippen LogP contribution in [0.4, 0.5) is 0 Å². The largest absolute Gasteiger partial charge is 0.459 e. The summed E-state index contributed by atoms with van der Waals surface area (Å²) in [4.78, 5) is 22.1. The van der Waals surface area contributed by atoms with Crippen LogP contribution in [0.25, 0.3) is 0 Å². The molecule has 0 aliphatic heterocycles. The third-order valence-electron chi connectivity index (χ3n) is 2.02. The van der Waals surface area contributed by atoms with Crippen molar-refractivity contribution in [1.82, 2.24) is 0 Å². The minimum absolute atomic E-state index is 0.0903. The number of hydrogen-bond donors (Lipinski definition) is 0. The van der Waals surface area contributed by atoms with Crippen molar-refractivity contribution < 1.29 is 14.3 Å². The van der Waals surface area contributed by atoms with Gasteiger partial charge in [-0.3, -0.25) is 4.79 Å². The topological polar surface area (TPSA) is 43.4 Å². The van der Waals surface area contributed by atoms with E-state index in [2.05, 4.69) is 16.6 Å². The van der Waals surface area contributed by atoms with Crippen molar-refractivity contribution in [3.63, 3.8) is 0 Å². The van der Waals surface area contributed by atoms with Crippen LogP contribution < -0.4 is 0 Å². The number of rotatable bonds is 2. The van der Waals surface area contributed by atoms with Gasteiger partial charge in [-0.05, 0) is 12.1 Å². The zero-order valence-electron chi connectivity index (χ0n) is 9.24. The van der Waals surface area contributed by atoms with Gasteiger partial charge in [0.1, 0.15) is 0 Å². The lowest BCUT2D eigenvalue weighted by Crippen LogP contribution is -1.96. The summed E-state index contributed by atoms with van der Waals surface area (Å²) in [6, 6.07) is 6.82. The SMILES string of the molecule is CCC(=O)c1ccc(C#CC(=O)OC)cc1. The number of esters is 1. The molecule has 0 fully saturated rings. The van der Waals surface area contributed by atoms with Crippen LogP contribution >= 0.6 is 0 Å². The van der Waals surface area contributed by atoms with E-state index >= 15 is 0 Å². The number of carbonyl (C=O) groups excluding carboxylic acids is 2. The molecule has 0 atom stereocenters. The first-order chi connectivity index (χ1) is 7.67. The van der Waals surface area contributed by atoms with E-state index in [1.165, 1.54) is 7.11 Å². The monoisotopic (exact) mass is 216 g/mol. The summed E-state index contributed by atoms with van der Waals surface area (Å²) in [6.45, 7) is 1.81. The van der Waals surface area contributed by atoms with Crippen molar-refractivity contribution in [2.75, 3.05) is 7.11 Å². The van der Waals surface area contributed by atoms with Crippen LogP contribution in [0.1, 0.15) is 29.3 Å². The molecule has 0 aliphatic rings. The normalized spacial score (nSPS) is 8.88. The summed E-state index contributed by atoms with van der Waals surface area (Å²) >= 11 is 0. The predicted molar refractivity (Wildman–Crippen MR) is 60.0 cm³/mol. The van der Waals surface area contributed by atoms with Crippen LogP contribution in [0.5, 0.6) is 0 Å². The average molecular weight is 216 g/mol. The molecule has 1 aromatic rings. The van der Waals surface area contributed by atoms with E-state index in [0.29, 0.717) is 17.5 Å². The van der Waals surface area contributed by atoms with E-state index in [4.69, 9.17) is 0 Å². The van der Waals surface area contributed by atoms with Crippen molar-refractivity contribution in [3.8, 4) is 11.8 Å². The minimum atomic E-state index is -0.575. The number of ether oxygens (including phenoxy) is 1. The lowest BCUT2D eigenvalue weighted by molar-refractivity contribution is -0.133. The maximum Gasteiger partial charge on any atom is 0.384 e.